The summed E-state index contributed by atoms with van der Waals surface area (Å²) in [6.45, 7) is 12.8. The highest BCUT2D eigenvalue weighted by atomic mass is 32.1. The summed E-state index contributed by atoms with van der Waals surface area (Å²) in [5.41, 5.74) is 1.61. The van der Waals surface area contributed by atoms with Crippen LogP contribution in [0.1, 0.15) is 61.7 Å². The number of rotatable bonds is 6. The van der Waals surface area contributed by atoms with E-state index in [4.69, 9.17) is 9.47 Å². The molecular weight excluding hydrogens is 420 g/mol. The largest absolute Gasteiger partial charge is 0.476 e. The molecule has 168 valence electrons. The van der Waals surface area contributed by atoms with E-state index in [1.807, 2.05) is 82.5 Å². The van der Waals surface area contributed by atoms with E-state index >= 15 is 0 Å². The van der Waals surface area contributed by atoms with Crippen LogP contribution < -0.4 is 4.74 Å². The number of allylic oxidation sites excluding steroid dienone is 1. The van der Waals surface area contributed by atoms with Gasteiger partial charge in [0.15, 0.2) is 11.4 Å². The first-order valence-electron chi connectivity index (χ1n) is 10.6. The molecule has 0 fully saturated rings. The van der Waals surface area contributed by atoms with Gasteiger partial charge in [0.1, 0.15) is 11.4 Å². The Labute approximate surface area is 193 Å². The lowest BCUT2D eigenvalue weighted by molar-refractivity contribution is -0.171. The Morgan fingerprint density at radius 2 is 1.59 bits per heavy atom. The monoisotopic (exact) mass is 450 g/mol. The van der Waals surface area contributed by atoms with Crippen LogP contribution in [-0.4, -0.2) is 23.0 Å². The van der Waals surface area contributed by atoms with Crippen LogP contribution in [0.15, 0.2) is 47.9 Å². The van der Waals surface area contributed by atoms with Crippen molar-refractivity contribution >= 4 is 39.3 Å². The number of esters is 1. The molecule has 1 aromatic heterocycles. The predicted molar refractivity (Wildman–Crippen MR) is 132 cm³/mol. The predicted octanol–water partition coefficient (Wildman–Crippen LogP) is 6.91. The molecule has 1 heterocycles. The number of carbonyl (C=O) groups excluding carboxylic acids is 2. The van der Waals surface area contributed by atoms with Gasteiger partial charge in [-0.05, 0) is 118 Å². The molecule has 0 amide bonds. The van der Waals surface area contributed by atoms with Gasteiger partial charge in [-0.15, -0.1) is 11.3 Å². The van der Waals surface area contributed by atoms with Crippen molar-refractivity contribution < 1.29 is 19.1 Å². The van der Waals surface area contributed by atoms with Crippen molar-refractivity contribution in [3.05, 3.63) is 70.1 Å². The summed E-state index contributed by atoms with van der Waals surface area (Å²) in [5, 5.41) is 3.10. The van der Waals surface area contributed by atoms with Gasteiger partial charge in [0.05, 0.1) is 0 Å². The third-order valence-corrected chi connectivity index (χ3v) is 5.79. The zero-order valence-corrected chi connectivity index (χ0v) is 20.6. The van der Waals surface area contributed by atoms with E-state index in [1.165, 1.54) is 4.70 Å². The lowest BCUT2D eigenvalue weighted by Gasteiger charge is -2.30. The summed E-state index contributed by atoms with van der Waals surface area (Å²) in [4.78, 5) is 25.2. The number of thiophene rings is 1. The maximum absolute atomic E-state index is 12.6. The zero-order chi connectivity index (χ0) is 23.7. The quantitative estimate of drug-likeness (QED) is 0.232. The van der Waals surface area contributed by atoms with Crippen molar-refractivity contribution in [3.63, 3.8) is 0 Å². The molecule has 3 aromatic rings. The number of ether oxygens (including phenoxy) is 2. The van der Waals surface area contributed by atoms with Crippen molar-refractivity contribution in [2.24, 2.45) is 0 Å². The van der Waals surface area contributed by atoms with Gasteiger partial charge in [-0.3, -0.25) is 4.79 Å². The van der Waals surface area contributed by atoms with Crippen molar-refractivity contribution in [1.29, 1.82) is 0 Å². The molecule has 0 atom stereocenters. The van der Waals surface area contributed by atoms with Crippen LogP contribution in [0, 0.1) is 13.8 Å². The van der Waals surface area contributed by atoms with E-state index in [9.17, 15) is 9.59 Å². The van der Waals surface area contributed by atoms with E-state index in [0.717, 1.165) is 22.1 Å². The standard InChI is InChI=1S/C27H30O4S/c1-17-14-19(8-10-22(28)20-9-11-23-21(16-20)12-13-32-23)15-18(2)24(17)30-27(6,7)25(29)31-26(3,4)5/h8-16H,1-7H3/b10-8+. The minimum atomic E-state index is -1.13. The topological polar surface area (TPSA) is 52.6 Å². The minimum Gasteiger partial charge on any atom is -0.476 e. The zero-order valence-electron chi connectivity index (χ0n) is 19.7. The molecule has 0 saturated heterocycles. The Kier molecular flexibility index (Phi) is 6.61. The molecule has 0 radical (unpaired) electrons. The van der Waals surface area contributed by atoms with Crippen LogP contribution in [0.4, 0.5) is 0 Å². The van der Waals surface area contributed by atoms with Crippen molar-refractivity contribution in [2.75, 3.05) is 0 Å². The van der Waals surface area contributed by atoms with Gasteiger partial charge in [-0.2, -0.15) is 0 Å². The molecule has 0 aliphatic rings. The summed E-state index contributed by atoms with van der Waals surface area (Å²) in [6, 6.07) is 11.7. The molecular formula is C27H30O4S. The molecule has 4 nitrogen and oxygen atoms in total. The van der Waals surface area contributed by atoms with Gasteiger partial charge in [0, 0.05) is 10.3 Å². The highest BCUT2D eigenvalue weighted by Gasteiger charge is 2.35. The molecule has 0 aliphatic carbocycles. The highest BCUT2D eigenvalue weighted by Crippen LogP contribution is 2.30. The maximum Gasteiger partial charge on any atom is 0.350 e. The number of benzene rings is 2. The number of aryl methyl sites for hydroxylation is 2. The normalized spacial score (nSPS) is 12.3. The number of hydrogen-bond acceptors (Lipinski definition) is 5. The number of fused-ring (bicyclic) bond motifs is 1. The van der Waals surface area contributed by atoms with Crippen molar-refractivity contribution in [2.45, 2.75) is 59.7 Å². The summed E-state index contributed by atoms with van der Waals surface area (Å²) in [6.07, 6.45) is 3.40. The lowest BCUT2D eigenvalue weighted by Crippen LogP contribution is -2.43. The fourth-order valence-corrected chi connectivity index (χ4v) is 4.10. The number of ketones is 1. The van der Waals surface area contributed by atoms with Crippen LogP contribution >= 0.6 is 11.3 Å². The van der Waals surface area contributed by atoms with Crippen LogP contribution in [0.5, 0.6) is 5.75 Å². The molecule has 0 unspecified atom stereocenters. The Morgan fingerprint density at radius 1 is 0.938 bits per heavy atom. The average molecular weight is 451 g/mol. The van der Waals surface area contributed by atoms with Gasteiger partial charge in [0.2, 0.25) is 0 Å². The summed E-state index contributed by atoms with van der Waals surface area (Å²) in [7, 11) is 0. The fraction of sp³-hybridized carbons (Fsp3) is 0.333. The van der Waals surface area contributed by atoms with Gasteiger partial charge in [-0.1, -0.05) is 6.08 Å². The second kappa shape index (κ2) is 8.91. The SMILES string of the molecule is Cc1cc(/C=C/C(=O)c2ccc3sccc3c2)cc(C)c1OC(C)(C)C(=O)OC(C)(C)C. The number of carbonyl (C=O) groups is 2. The van der Waals surface area contributed by atoms with E-state index in [-0.39, 0.29) is 5.78 Å². The Hall–Kier alpha value is -2.92. The van der Waals surface area contributed by atoms with Crippen molar-refractivity contribution in [1.82, 2.24) is 0 Å². The second-order valence-corrected chi connectivity index (χ2v) is 10.4. The first-order valence-corrected chi connectivity index (χ1v) is 11.5. The Morgan fingerprint density at radius 3 is 2.22 bits per heavy atom. The smallest absolute Gasteiger partial charge is 0.350 e. The highest BCUT2D eigenvalue weighted by molar-refractivity contribution is 7.17. The van der Waals surface area contributed by atoms with Gasteiger partial charge >= 0.3 is 5.97 Å². The fourth-order valence-electron chi connectivity index (χ4n) is 3.33. The summed E-state index contributed by atoms with van der Waals surface area (Å²) in [5.74, 6) is 0.188. The Bertz CT molecular complexity index is 1170. The van der Waals surface area contributed by atoms with Gasteiger partial charge in [0.25, 0.3) is 0 Å². The third-order valence-electron chi connectivity index (χ3n) is 4.89. The molecule has 0 aliphatic heterocycles. The van der Waals surface area contributed by atoms with Gasteiger partial charge in [-0.25, -0.2) is 4.79 Å². The van der Waals surface area contributed by atoms with E-state index in [1.54, 1.807) is 31.3 Å². The van der Waals surface area contributed by atoms with Crippen LogP contribution in [0.2, 0.25) is 0 Å². The van der Waals surface area contributed by atoms with E-state index < -0.39 is 17.2 Å². The van der Waals surface area contributed by atoms with Gasteiger partial charge < -0.3 is 9.47 Å². The maximum atomic E-state index is 12.6. The molecule has 32 heavy (non-hydrogen) atoms. The Balaban J connectivity index is 1.77. The van der Waals surface area contributed by atoms with Crippen LogP contribution in [-0.2, 0) is 9.53 Å². The van der Waals surface area contributed by atoms with Crippen LogP contribution in [0.3, 0.4) is 0 Å². The third kappa shape index (κ3) is 5.65. The minimum absolute atomic E-state index is 0.0419. The van der Waals surface area contributed by atoms with Crippen molar-refractivity contribution in [3.8, 4) is 5.75 Å². The number of hydrogen-bond donors (Lipinski definition) is 0. The molecule has 0 saturated carbocycles. The second-order valence-electron chi connectivity index (χ2n) is 9.47. The first kappa shape index (κ1) is 23.7. The van der Waals surface area contributed by atoms with E-state index in [0.29, 0.717) is 11.3 Å². The summed E-state index contributed by atoms with van der Waals surface area (Å²) >= 11 is 1.66. The van der Waals surface area contributed by atoms with E-state index in [2.05, 4.69) is 0 Å². The summed E-state index contributed by atoms with van der Waals surface area (Å²) < 4.78 is 12.8. The molecule has 0 spiro atoms. The first-order chi connectivity index (χ1) is 14.9. The average Bonchev–Trinajstić information content (AvgIpc) is 3.15. The molecule has 2 aromatic carbocycles. The lowest BCUT2D eigenvalue weighted by atomic mass is 10.0. The molecule has 0 N–H and O–H groups in total. The van der Waals surface area contributed by atoms with Crippen LogP contribution in [0.25, 0.3) is 16.2 Å². The molecule has 5 heteroatoms. The molecule has 3 rings (SSSR count). The molecule has 0 bridgehead atoms.